The van der Waals surface area contributed by atoms with Gasteiger partial charge in [0.2, 0.25) is 0 Å². The SMILES string of the molecule is CCOC(=O)c1c(C)nc(NCC2CCN(Cc3ccccc3)CC2)c(C#N)c1-c1ccccc1. The highest BCUT2D eigenvalue weighted by molar-refractivity contribution is 6.01. The number of piperidine rings is 1. The number of esters is 1. The molecule has 0 unspecified atom stereocenters. The van der Waals surface area contributed by atoms with Gasteiger partial charge in [-0.25, -0.2) is 9.78 Å². The minimum absolute atomic E-state index is 0.261. The van der Waals surface area contributed by atoms with E-state index in [-0.39, 0.29) is 6.61 Å². The number of aromatic nitrogens is 1. The number of ether oxygens (including phenoxy) is 1. The van der Waals surface area contributed by atoms with Crippen LogP contribution in [0, 0.1) is 24.2 Å². The van der Waals surface area contributed by atoms with Gasteiger partial charge in [-0.15, -0.1) is 0 Å². The van der Waals surface area contributed by atoms with Crippen molar-refractivity contribution in [2.45, 2.75) is 33.2 Å². The third-order valence-electron chi connectivity index (χ3n) is 6.55. The third kappa shape index (κ3) is 5.87. The first-order valence-electron chi connectivity index (χ1n) is 12.3. The van der Waals surface area contributed by atoms with E-state index in [1.807, 2.05) is 30.3 Å². The zero-order chi connectivity index (χ0) is 24.6. The summed E-state index contributed by atoms with van der Waals surface area (Å²) in [4.78, 5) is 19.9. The molecule has 4 rings (SSSR count). The van der Waals surface area contributed by atoms with E-state index in [1.165, 1.54) is 5.56 Å². The van der Waals surface area contributed by atoms with Gasteiger partial charge in [-0.1, -0.05) is 60.7 Å². The van der Waals surface area contributed by atoms with Gasteiger partial charge in [0.15, 0.2) is 0 Å². The van der Waals surface area contributed by atoms with Crippen LogP contribution in [0.4, 0.5) is 5.82 Å². The molecule has 1 aliphatic rings. The number of aryl methyl sites for hydroxylation is 1. The van der Waals surface area contributed by atoms with E-state index in [9.17, 15) is 10.1 Å². The fraction of sp³-hybridized carbons (Fsp3) is 0.345. The van der Waals surface area contributed by atoms with Gasteiger partial charge in [0, 0.05) is 18.7 Å². The number of hydrogen-bond donors (Lipinski definition) is 1. The molecule has 0 radical (unpaired) electrons. The van der Waals surface area contributed by atoms with E-state index in [4.69, 9.17) is 4.74 Å². The Morgan fingerprint density at radius 3 is 2.40 bits per heavy atom. The number of nitriles is 1. The molecule has 6 nitrogen and oxygen atoms in total. The summed E-state index contributed by atoms with van der Waals surface area (Å²) >= 11 is 0. The number of hydrogen-bond acceptors (Lipinski definition) is 6. The highest BCUT2D eigenvalue weighted by Gasteiger charge is 2.26. The number of anilines is 1. The van der Waals surface area contributed by atoms with Crippen LogP contribution in [-0.4, -0.2) is 42.1 Å². The van der Waals surface area contributed by atoms with Crippen LogP contribution in [0.25, 0.3) is 11.1 Å². The molecule has 1 N–H and O–H groups in total. The molecular formula is C29H32N4O2. The minimum atomic E-state index is -0.454. The molecule has 0 spiro atoms. The number of carbonyl (C=O) groups is 1. The first-order valence-corrected chi connectivity index (χ1v) is 12.3. The summed E-state index contributed by atoms with van der Waals surface area (Å²) in [5.41, 5.74) is 4.02. The second-order valence-corrected chi connectivity index (χ2v) is 8.96. The van der Waals surface area contributed by atoms with Crippen LogP contribution >= 0.6 is 0 Å². The van der Waals surface area contributed by atoms with E-state index in [0.29, 0.717) is 34.1 Å². The molecule has 0 saturated carbocycles. The highest BCUT2D eigenvalue weighted by Crippen LogP contribution is 2.34. The minimum Gasteiger partial charge on any atom is -0.462 e. The molecule has 35 heavy (non-hydrogen) atoms. The zero-order valence-electron chi connectivity index (χ0n) is 20.5. The van der Waals surface area contributed by atoms with Crippen LogP contribution in [0.2, 0.25) is 0 Å². The van der Waals surface area contributed by atoms with Crippen molar-refractivity contribution in [2.24, 2.45) is 5.92 Å². The molecule has 3 aromatic rings. The molecule has 180 valence electrons. The summed E-state index contributed by atoms with van der Waals surface area (Å²) in [6, 6.07) is 22.4. The topological polar surface area (TPSA) is 78.2 Å². The van der Waals surface area contributed by atoms with E-state index in [1.54, 1.807) is 13.8 Å². The Balaban J connectivity index is 1.51. The smallest absolute Gasteiger partial charge is 0.340 e. The van der Waals surface area contributed by atoms with Crippen molar-refractivity contribution in [3.63, 3.8) is 0 Å². The fourth-order valence-electron chi connectivity index (χ4n) is 4.72. The summed E-state index contributed by atoms with van der Waals surface area (Å²) in [5, 5.41) is 13.6. The lowest BCUT2D eigenvalue weighted by atomic mass is 9.93. The first-order chi connectivity index (χ1) is 17.1. The van der Waals surface area contributed by atoms with Gasteiger partial charge in [0.05, 0.1) is 17.9 Å². The predicted octanol–water partition coefficient (Wildman–Crippen LogP) is 5.43. The molecule has 1 saturated heterocycles. The van der Waals surface area contributed by atoms with Crippen LogP contribution < -0.4 is 5.32 Å². The van der Waals surface area contributed by atoms with Crippen molar-refractivity contribution < 1.29 is 9.53 Å². The molecule has 2 aromatic carbocycles. The van der Waals surface area contributed by atoms with Gasteiger partial charge in [-0.05, 0) is 56.8 Å². The van der Waals surface area contributed by atoms with Crippen LogP contribution in [0.5, 0.6) is 0 Å². The summed E-state index contributed by atoms with van der Waals surface area (Å²) in [7, 11) is 0. The monoisotopic (exact) mass is 468 g/mol. The third-order valence-corrected chi connectivity index (χ3v) is 6.55. The number of nitrogens with one attached hydrogen (secondary N) is 1. The molecule has 1 aromatic heterocycles. The van der Waals surface area contributed by atoms with Gasteiger partial charge in [0.25, 0.3) is 0 Å². The Kier molecular flexibility index (Phi) is 8.12. The van der Waals surface area contributed by atoms with Gasteiger partial charge >= 0.3 is 5.97 Å². The average Bonchev–Trinajstić information content (AvgIpc) is 2.89. The normalized spacial score (nSPS) is 14.3. The maximum Gasteiger partial charge on any atom is 0.340 e. The Hall–Kier alpha value is -3.69. The first kappa shape index (κ1) is 24.4. The Bertz CT molecular complexity index is 1180. The van der Waals surface area contributed by atoms with Crippen LogP contribution in [-0.2, 0) is 11.3 Å². The second kappa shape index (κ2) is 11.6. The number of likely N-dealkylation sites (tertiary alicyclic amines) is 1. The van der Waals surface area contributed by atoms with Crippen molar-refractivity contribution >= 4 is 11.8 Å². The molecule has 1 aliphatic heterocycles. The molecule has 0 atom stereocenters. The second-order valence-electron chi connectivity index (χ2n) is 8.96. The number of pyridine rings is 1. The quantitative estimate of drug-likeness (QED) is 0.444. The lowest BCUT2D eigenvalue weighted by molar-refractivity contribution is 0.0526. The Morgan fingerprint density at radius 1 is 1.11 bits per heavy atom. The van der Waals surface area contributed by atoms with Crippen molar-refractivity contribution in [1.82, 2.24) is 9.88 Å². The maximum absolute atomic E-state index is 12.8. The Labute approximate surface area is 207 Å². The highest BCUT2D eigenvalue weighted by atomic mass is 16.5. The maximum atomic E-state index is 12.8. The van der Waals surface area contributed by atoms with Gasteiger partial charge < -0.3 is 10.1 Å². The summed E-state index contributed by atoms with van der Waals surface area (Å²) < 4.78 is 5.30. The standard InChI is InChI=1S/C29H32N4O2/c1-3-35-29(34)26-21(2)32-28(25(18-30)27(26)24-12-8-5-9-13-24)31-19-22-14-16-33(17-15-22)20-23-10-6-4-7-11-23/h4-13,22H,3,14-17,19-20H2,1-2H3,(H,31,32). The summed E-state index contributed by atoms with van der Waals surface area (Å²) in [6.45, 7) is 7.66. The number of rotatable bonds is 8. The number of benzene rings is 2. The van der Waals surface area contributed by atoms with E-state index >= 15 is 0 Å². The summed E-state index contributed by atoms with van der Waals surface area (Å²) in [5.74, 6) is 0.578. The Morgan fingerprint density at radius 2 is 1.77 bits per heavy atom. The molecule has 6 heteroatoms. The number of carbonyl (C=O) groups excluding carboxylic acids is 1. The van der Waals surface area contributed by atoms with E-state index in [0.717, 1.165) is 44.6 Å². The molecule has 0 amide bonds. The molecular weight excluding hydrogens is 436 g/mol. The van der Waals surface area contributed by atoms with Crippen LogP contribution in [0.15, 0.2) is 60.7 Å². The summed E-state index contributed by atoms with van der Waals surface area (Å²) in [6.07, 6.45) is 2.18. The predicted molar refractivity (Wildman–Crippen MR) is 138 cm³/mol. The van der Waals surface area contributed by atoms with E-state index < -0.39 is 5.97 Å². The van der Waals surface area contributed by atoms with Crippen molar-refractivity contribution in [1.29, 1.82) is 5.26 Å². The molecule has 1 fully saturated rings. The van der Waals surface area contributed by atoms with Crippen LogP contribution in [0.3, 0.4) is 0 Å². The zero-order valence-corrected chi connectivity index (χ0v) is 20.5. The van der Waals surface area contributed by atoms with E-state index in [2.05, 4.69) is 51.6 Å². The average molecular weight is 469 g/mol. The largest absolute Gasteiger partial charge is 0.462 e. The fourth-order valence-corrected chi connectivity index (χ4v) is 4.72. The van der Waals surface area contributed by atoms with Crippen molar-refractivity contribution in [2.75, 3.05) is 31.6 Å². The van der Waals surface area contributed by atoms with Gasteiger partial charge in [-0.2, -0.15) is 5.26 Å². The molecule has 2 heterocycles. The van der Waals surface area contributed by atoms with Gasteiger partial charge in [-0.3, -0.25) is 4.90 Å². The lowest BCUT2D eigenvalue weighted by Gasteiger charge is -2.32. The molecule has 0 aliphatic carbocycles. The van der Waals surface area contributed by atoms with Crippen LogP contribution in [0.1, 0.15) is 46.9 Å². The van der Waals surface area contributed by atoms with Crippen molar-refractivity contribution in [3.05, 3.63) is 83.0 Å². The lowest BCUT2D eigenvalue weighted by Crippen LogP contribution is -2.35. The molecule has 0 bridgehead atoms. The van der Waals surface area contributed by atoms with Crippen molar-refractivity contribution in [3.8, 4) is 17.2 Å². The van der Waals surface area contributed by atoms with Gasteiger partial charge in [0.1, 0.15) is 17.5 Å². The number of nitrogens with zero attached hydrogens (tertiary/aromatic N) is 3.